The number of fused-ring (bicyclic) bond motifs is 2. The lowest BCUT2D eigenvalue weighted by molar-refractivity contribution is 0.0965. The molecule has 160 valence electrons. The van der Waals surface area contributed by atoms with E-state index in [-0.39, 0.29) is 23.6 Å². The summed E-state index contributed by atoms with van der Waals surface area (Å²) in [6, 6.07) is 9.93. The van der Waals surface area contributed by atoms with Crippen molar-refractivity contribution < 1.29 is 13.9 Å². The summed E-state index contributed by atoms with van der Waals surface area (Å²) < 4.78 is 21.9. The van der Waals surface area contributed by atoms with Crippen molar-refractivity contribution in [1.29, 1.82) is 5.26 Å². The van der Waals surface area contributed by atoms with Gasteiger partial charge in [-0.05, 0) is 18.2 Å². The lowest BCUT2D eigenvalue weighted by Crippen LogP contribution is -2.22. The van der Waals surface area contributed by atoms with Crippen LogP contribution < -0.4 is 10.2 Å². The second-order valence-corrected chi connectivity index (χ2v) is 8.39. The van der Waals surface area contributed by atoms with Gasteiger partial charge in [-0.2, -0.15) is 10.4 Å². The van der Waals surface area contributed by atoms with Gasteiger partial charge in [0.2, 0.25) is 0 Å². The van der Waals surface area contributed by atoms with Crippen LogP contribution in [0.4, 0.5) is 10.2 Å². The molecule has 1 amide bonds. The van der Waals surface area contributed by atoms with E-state index in [4.69, 9.17) is 9.84 Å². The Morgan fingerprint density at radius 3 is 2.78 bits per heavy atom. The second-order valence-electron chi connectivity index (χ2n) is 8.39. The number of hydrogen-bond acceptors (Lipinski definition) is 6. The van der Waals surface area contributed by atoms with Gasteiger partial charge < -0.3 is 15.0 Å². The van der Waals surface area contributed by atoms with Crippen LogP contribution in [0.1, 0.15) is 21.6 Å². The van der Waals surface area contributed by atoms with E-state index in [2.05, 4.69) is 15.2 Å². The number of anilines is 1. The molecule has 0 unspecified atom stereocenters. The maximum atomic E-state index is 14.7. The first-order valence-corrected chi connectivity index (χ1v) is 10.5. The molecule has 2 aromatic heterocycles. The summed E-state index contributed by atoms with van der Waals surface area (Å²) in [5, 5.41) is 17.0. The number of nitrogens with zero attached hydrogens (tertiary/aromatic N) is 5. The molecule has 0 saturated carbocycles. The highest BCUT2D eigenvalue weighted by molar-refractivity contribution is 6.01. The molecule has 2 saturated heterocycles. The number of ether oxygens (including phenoxy) is 1. The summed E-state index contributed by atoms with van der Waals surface area (Å²) in [6.45, 7) is 3.60. The topological polar surface area (TPSA) is 96.1 Å². The van der Waals surface area contributed by atoms with Gasteiger partial charge in [0.25, 0.3) is 5.91 Å². The van der Waals surface area contributed by atoms with Gasteiger partial charge in [-0.15, -0.1) is 0 Å². The summed E-state index contributed by atoms with van der Waals surface area (Å²) >= 11 is 0. The fourth-order valence-corrected chi connectivity index (χ4v) is 4.89. The van der Waals surface area contributed by atoms with Crippen LogP contribution >= 0.6 is 0 Å². The number of carbonyl (C=O) groups is 1. The molecule has 0 spiro atoms. The summed E-state index contributed by atoms with van der Waals surface area (Å²) in [5.74, 6) is 1.09. The zero-order valence-corrected chi connectivity index (χ0v) is 17.1. The van der Waals surface area contributed by atoms with E-state index in [0.717, 1.165) is 32.1 Å². The van der Waals surface area contributed by atoms with E-state index in [1.54, 1.807) is 23.0 Å². The molecule has 6 rings (SSSR count). The van der Waals surface area contributed by atoms with Gasteiger partial charge in [0.1, 0.15) is 5.82 Å². The molecule has 1 aromatic carbocycles. The predicted molar refractivity (Wildman–Crippen MR) is 113 cm³/mol. The van der Waals surface area contributed by atoms with Crippen molar-refractivity contribution in [2.45, 2.75) is 6.54 Å². The van der Waals surface area contributed by atoms with Crippen LogP contribution in [-0.4, -0.2) is 47.0 Å². The number of benzene rings is 1. The Labute approximate surface area is 183 Å². The molecule has 0 aliphatic carbocycles. The highest BCUT2D eigenvalue weighted by atomic mass is 19.1. The molecule has 2 fully saturated rings. The standard InChI is InChI=1S/C23H19FN6O2/c24-16-3-1-2-13(7-25)21(16)17-6-19(22-18(27-17)8-26-23(22)31)30-5-4-20(28-30)29-9-14-11-32-12-15(14)10-29/h1-6,14-15H,8-12H2,(H,26,31)/t14-,15+. The number of nitrogens with one attached hydrogen (secondary N) is 1. The Hall–Kier alpha value is -3.77. The van der Waals surface area contributed by atoms with Crippen LogP contribution in [0.25, 0.3) is 16.9 Å². The van der Waals surface area contributed by atoms with E-state index < -0.39 is 5.82 Å². The molecular formula is C23H19FN6O2. The summed E-state index contributed by atoms with van der Waals surface area (Å²) in [5.41, 5.74) is 2.06. The van der Waals surface area contributed by atoms with Crippen LogP contribution in [0, 0.1) is 29.0 Å². The van der Waals surface area contributed by atoms with Crippen LogP contribution in [0.2, 0.25) is 0 Å². The largest absolute Gasteiger partial charge is 0.381 e. The normalized spacial score (nSPS) is 21.4. The van der Waals surface area contributed by atoms with Crippen molar-refractivity contribution in [1.82, 2.24) is 20.1 Å². The summed E-state index contributed by atoms with van der Waals surface area (Å²) in [6.07, 6.45) is 1.80. The molecule has 1 N–H and O–H groups in total. The zero-order chi connectivity index (χ0) is 21.8. The molecule has 9 heteroatoms. The lowest BCUT2D eigenvalue weighted by atomic mass is 10.0. The maximum absolute atomic E-state index is 14.7. The van der Waals surface area contributed by atoms with Gasteiger partial charge in [-0.3, -0.25) is 4.79 Å². The molecule has 5 heterocycles. The van der Waals surface area contributed by atoms with Gasteiger partial charge in [-0.1, -0.05) is 6.07 Å². The van der Waals surface area contributed by atoms with Crippen LogP contribution in [0.15, 0.2) is 36.5 Å². The molecule has 3 aliphatic heterocycles. The molecule has 0 radical (unpaired) electrons. The average molecular weight is 430 g/mol. The maximum Gasteiger partial charge on any atom is 0.255 e. The van der Waals surface area contributed by atoms with E-state index in [0.29, 0.717) is 34.5 Å². The quantitative estimate of drug-likeness (QED) is 0.685. The average Bonchev–Trinajstić information content (AvgIpc) is 3.56. The number of carbonyl (C=O) groups excluding carboxylic acids is 1. The summed E-state index contributed by atoms with van der Waals surface area (Å²) in [7, 11) is 0. The van der Waals surface area contributed by atoms with Crippen molar-refractivity contribution in [2.24, 2.45) is 11.8 Å². The minimum Gasteiger partial charge on any atom is -0.381 e. The van der Waals surface area contributed by atoms with Crippen LogP contribution in [0.5, 0.6) is 0 Å². The Morgan fingerprint density at radius 2 is 2.00 bits per heavy atom. The fourth-order valence-electron chi connectivity index (χ4n) is 4.89. The lowest BCUT2D eigenvalue weighted by Gasteiger charge is -2.16. The highest BCUT2D eigenvalue weighted by Crippen LogP contribution is 2.34. The van der Waals surface area contributed by atoms with Gasteiger partial charge in [0.15, 0.2) is 5.82 Å². The number of aromatic nitrogens is 3. The molecule has 32 heavy (non-hydrogen) atoms. The zero-order valence-electron chi connectivity index (χ0n) is 17.1. The molecule has 2 atom stereocenters. The Kier molecular flexibility index (Phi) is 4.23. The molecular weight excluding hydrogens is 411 g/mol. The van der Waals surface area contributed by atoms with Crippen molar-refractivity contribution >= 4 is 11.7 Å². The summed E-state index contributed by atoms with van der Waals surface area (Å²) in [4.78, 5) is 19.3. The highest BCUT2D eigenvalue weighted by Gasteiger charge is 2.38. The number of nitriles is 1. The van der Waals surface area contributed by atoms with E-state index in [1.807, 2.05) is 12.1 Å². The van der Waals surface area contributed by atoms with Crippen molar-refractivity contribution in [3.05, 3.63) is 59.2 Å². The molecule has 8 nitrogen and oxygen atoms in total. The first kappa shape index (κ1) is 19.0. The fraction of sp³-hybridized carbons (Fsp3) is 0.304. The SMILES string of the molecule is N#Cc1cccc(F)c1-c1cc(-n2ccc(N3C[C@H]4COC[C@H]4C3)n2)c2c(n1)CNC2=O. The number of pyridine rings is 1. The number of amides is 1. The van der Waals surface area contributed by atoms with Crippen molar-refractivity contribution in [3.8, 4) is 23.0 Å². The molecule has 3 aromatic rings. The minimum absolute atomic E-state index is 0.123. The Bertz CT molecular complexity index is 1280. The van der Waals surface area contributed by atoms with Crippen LogP contribution in [-0.2, 0) is 11.3 Å². The van der Waals surface area contributed by atoms with E-state index >= 15 is 0 Å². The van der Waals surface area contributed by atoms with Crippen LogP contribution in [0.3, 0.4) is 0 Å². The van der Waals surface area contributed by atoms with Gasteiger partial charge in [0, 0.05) is 37.2 Å². The molecule has 3 aliphatic rings. The van der Waals surface area contributed by atoms with Crippen molar-refractivity contribution in [2.75, 3.05) is 31.2 Å². The number of halogens is 1. The third kappa shape index (κ3) is 2.87. The Balaban J connectivity index is 1.44. The first-order chi connectivity index (χ1) is 15.6. The van der Waals surface area contributed by atoms with E-state index in [9.17, 15) is 14.4 Å². The van der Waals surface area contributed by atoms with Gasteiger partial charge in [0.05, 0.1) is 59.6 Å². The van der Waals surface area contributed by atoms with E-state index in [1.165, 1.54) is 12.1 Å². The first-order valence-electron chi connectivity index (χ1n) is 10.5. The number of rotatable bonds is 3. The predicted octanol–water partition coefficient (Wildman–Crippen LogP) is 2.27. The number of hydrogen-bond donors (Lipinski definition) is 1. The van der Waals surface area contributed by atoms with Gasteiger partial charge in [-0.25, -0.2) is 14.1 Å². The minimum atomic E-state index is -0.535. The smallest absolute Gasteiger partial charge is 0.255 e. The third-order valence-electron chi connectivity index (χ3n) is 6.49. The third-order valence-corrected chi connectivity index (χ3v) is 6.49. The Morgan fingerprint density at radius 1 is 1.19 bits per heavy atom. The molecule has 0 bridgehead atoms. The van der Waals surface area contributed by atoms with Crippen molar-refractivity contribution in [3.63, 3.8) is 0 Å². The second kappa shape index (κ2) is 7.14. The monoisotopic (exact) mass is 430 g/mol. The van der Waals surface area contributed by atoms with Gasteiger partial charge >= 0.3 is 0 Å².